The Labute approximate surface area is 140 Å². The Morgan fingerprint density at radius 2 is 2.24 bits per heavy atom. The zero-order valence-corrected chi connectivity index (χ0v) is 14.1. The van der Waals surface area contributed by atoms with Gasteiger partial charge in [0.05, 0.1) is 5.02 Å². The maximum atomic E-state index is 11.8. The molecule has 0 spiro atoms. The summed E-state index contributed by atoms with van der Waals surface area (Å²) < 4.78 is 6.14. The van der Waals surface area contributed by atoms with Gasteiger partial charge in [-0.2, -0.15) is 0 Å². The Morgan fingerprint density at radius 1 is 1.43 bits per heavy atom. The highest BCUT2D eigenvalue weighted by atomic mass is 35.5. The van der Waals surface area contributed by atoms with E-state index in [-0.39, 0.29) is 12.5 Å². The average molecular weight is 364 g/mol. The van der Waals surface area contributed by atoms with E-state index < -0.39 is 0 Å². The Bertz CT molecular complexity index is 637. The third-order valence-corrected chi connectivity index (χ3v) is 4.56. The highest BCUT2D eigenvalue weighted by molar-refractivity contribution is 8.01. The molecule has 2 aromatic rings. The number of hydrogen-bond donors (Lipinski definition) is 1. The number of carbonyl (C=O) groups excluding carboxylic acids is 1. The van der Waals surface area contributed by atoms with Crippen LogP contribution >= 0.6 is 46.3 Å². The van der Waals surface area contributed by atoms with E-state index in [2.05, 4.69) is 15.5 Å². The van der Waals surface area contributed by atoms with E-state index in [1.54, 1.807) is 30.0 Å². The monoisotopic (exact) mass is 363 g/mol. The lowest BCUT2D eigenvalue weighted by molar-refractivity contribution is -0.118. The van der Waals surface area contributed by atoms with Crippen LogP contribution in [0.3, 0.4) is 0 Å². The molecule has 5 nitrogen and oxygen atoms in total. The van der Waals surface area contributed by atoms with Gasteiger partial charge in [-0.25, -0.2) is 0 Å². The van der Waals surface area contributed by atoms with Crippen LogP contribution in [0, 0.1) is 0 Å². The van der Waals surface area contributed by atoms with Crippen molar-refractivity contribution in [1.29, 1.82) is 0 Å². The molecule has 0 radical (unpaired) electrons. The van der Waals surface area contributed by atoms with Gasteiger partial charge in [0, 0.05) is 5.02 Å². The summed E-state index contributed by atoms with van der Waals surface area (Å²) in [6, 6.07) is 4.80. The minimum absolute atomic E-state index is 0.169. The number of amides is 1. The molecule has 0 fully saturated rings. The first kappa shape index (κ1) is 16.4. The average Bonchev–Trinajstić information content (AvgIpc) is 2.85. The number of carbonyl (C=O) groups is 1. The molecule has 1 N–H and O–H groups in total. The Balaban J connectivity index is 1.86. The van der Waals surface area contributed by atoms with Gasteiger partial charge in [0.25, 0.3) is 5.91 Å². The molecule has 0 aliphatic carbocycles. The first-order valence-electron chi connectivity index (χ1n) is 5.92. The number of ether oxygens (including phenoxy) is 1. The van der Waals surface area contributed by atoms with Gasteiger partial charge in [-0.3, -0.25) is 10.1 Å². The molecule has 1 aromatic carbocycles. The van der Waals surface area contributed by atoms with Gasteiger partial charge in [-0.1, -0.05) is 53.2 Å². The van der Waals surface area contributed by atoms with Crippen molar-refractivity contribution in [1.82, 2.24) is 10.2 Å². The maximum absolute atomic E-state index is 11.8. The van der Waals surface area contributed by atoms with E-state index in [9.17, 15) is 4.79 Å². The molecule has 1 amide bonds. The fourth-order valence-corrected chi connectivity index (χ4v) is 3.46. The normalized spacial score (nSPS) is 10.4. The van der Waals surface area contributed by atoms with Gasteiger partial charge in [0.15, 0.2) is 10.9 Å². The number of nitrogens with zero attached hydrogens (tertiary/aromatic N) is 2. The molecule has 0 atom stereocenters. The van der Waals surface area contributed by atoms with Crippen molar-refractivity contribution in [2.75, 3.05) is 17.7 Å². The van der Waals surface area contributed by atoms with Crippen molar-refractivity contribution in [2.24, 2.45) is 0 Å². The number of anilines is 1. The van der Waals surface area contributed by atoms with Crippen LogP contribution in [0.25, 0.3) is 0 Å². The summed E-state index contributed by atoms with van der Waals surface area (Å²) in [5.41, 5.74) is 0. The Kier molecular flexibility index (Phi) is 6.10. The molecule has 0 unspecified atom stereocenters. The molecule has 1 heterocycles. The van der Waals surface area contributed by atoms with Crippen molar-refractivity contribution in [3.05, 3.63) is 28.2 Å². The van der Waals surface area contributed by atoms with E-state index in [0.29, 0.717) is 20.9 Å². The number of nitrogens with one attached hydrogen (secondary N) is 1. The summed E-state index contributed by atoms with van der Waals surface area (Å²) >= 11 is 14.6. The van der Waals surface area contributed by atoms with Crippen LogP contribution in [-0.4, -0.2) is 28.5 Å². The van der Waals surface area contributed by atoms with Crippen LogP contribution in [0.4, 0.5) is 5.13 Å². The lowest BCUT2D eigenvalue weighted by Gasteiger charge is -2.07. The maximum Gasteiger partial charge on any atom is 0.264 e. The fraction of sp³-hybridized carbons (Fsp3) is 0.250. The van der Waals surface area contributed by atoms with Gasteiger partial charge >= 0.3 is 0 Å². The van der Waals surface area contributed by atoms with Crippen molar-refractivity contribution in [2.45, 2.75) is 11.3 Å². The number of hydrogen-bond acceptors (Lipinski definition) is 6. The van der Waals surface area contributed by atoms with Crippen LogP contribution in [0.1, 0.15) is 6.92 Å². The van der Waals surface area contributed by atoms with Crippen LogP contribution in [0.15, 0.2) is 22.5 Å². The predicted molar refractivity (Wildman–Crippen MR) is 86.9 cm³/mol. The van der Waals surface area contributed by atoms with Crippen molar-refractivity contribution >= 4 is 57.3 Å². The van der Waals surface area contributed by atoms with Crippen LogP contribution < -0.4 is 10.1 Å². The first-order valence-corrected chi connectivity index (χ1v) is 8.48. The summed E-state index contributed by atoms with van der Waals surface area (Å²) in [7, 11) is 0. The van der Waals surface area contributed by atoms with E-state index in [1.807, 2.05) is 6.92 Å². The fourth-order valence-electron chi connectivity index (χ4n) is 1.33. The number of halogens is 2. The van der Waals surface area contributed by atoms with E-state index in [0.717, 1.165) is 10.1 Å². The molecule has 2 rings (SSSR count). The van der Waals surface area contributed by atoms with Gasteiger partial charge in [0.2, 0.25) is 5.13 Å². The van der Waals surface area contributed by atoms with Crippen LogP contribution in [0.2, 0.25) is 10.0 Å². The largest absolute Gasteiger partial charge is 0.482 e. The Hall–Kier alpha value is -1.02. The highest BCUT2D eigenvalue weighted by Crippen LogP contribution is 2.28. The van der Waals surface area contributed by atoms with Crippen LogP contribution in [0.5, 0.6) is 5.75 Å². The molecule has 9 heteroatoms. The summed E-state index contributed by atoms with van der Waals surface area (Å²) in [6.07, 6.45) is 0. The zero-order chi connectivity index (χ0) is 15.2. The summed E-state index contributed by atoms with van der Waals surface area (Å²) in [5.74, 6) is 0.974. The first-order chi connectivity index (χ1) is 10.1. The SMILES string of the molecule is CCSc1nnc(NC(=O)COc2ccc(Cl)cc2Cl)s1. The number of rotatable bonds is 6. The van der Waals surface area contributed by atoms with Crippen molar-refractivity contribution in [3.8, 4) is 5.75 Å². The second kappa shape index (κ2) is 7.84. The molecular weight excluding hydrogens is 353 g/mol. The second-order valence-electron chi connectivity index (χ2n) is 3.72. The molecule has 0 saturated carbocycles. The van der Waals surface area contributed by atoms with E-state index in [4.69, 9.17) is 27.9 Å². The van der Waals surface area contributed by atoms with Gasteiger partial charge in [-0.15, -0.1) is 10.2 Å². The molecular formula is C12H11Cl2N3O2S2. The third kappa shape index (κ3) is 5.03. The quantitative estimate of drug-likeness (QED) is 0.621. The van der Waals surface area contributed by atoms with Gasteiger partial charge in [-0.05, 0) is 24.0 Å². The predicted octanol–water partition coefficient (Wildman–Crippen LogP) is 3.97. The molecule has 1 aromatic heterocycles. The Morgan fingerprint density at radius 3 is 2.95 bits per heavy atom. The summed E-state index contributed by atoms with van der Waals surface area (Å²) in [6.45, 7) is 1.85. The lowest BCUT2D eigenvalue weighted by Crippen LogP contribution is -2.20. The molecule has 21 heavy (non-hydrogen) atoms. The third-order valence-electron chi connectivity index (χ3n) is 2.17. The number of thioether (sulfide) groups is 1. The smallest absolute Gasteiger partial charge is 0.264 e. The number of benzene rings is 1. The molecule has 0 aliphatic rings. The minimum atomic E-state index is -0.329. The van der Waals surface area contributed by atoms with E-state index in [1.165, 1.54) is 11.3 Å². The zero-order valence-electron chi connectivity index (χ0n) is 10.9. The summed E-state index contributed by atoms with van der Waals surface area (Å²) in [4.78, 5) is 11.8. The van der Waals surface area contributed by atoms with Gasteiger partial charge in [0.1, 0.15) is 5.75 Å². The molecule has 112 valence electrons. The minimum Gasteiger partial charge on any atom is -0.482 e. The topological polar surface area (TPSA) is 64.1 Å². The standard InChI is InChI=1S/C12H11Cl2N3O2S2/c1-2-20-12-17-16-11(21-12)15-10(18)6-19-9-4-3-7(13)5-8(9)14/h3-5H,2,6H2,1H3,(H,15,16,18). The van der Waals surface area contributed by atoms with Gasteiger partial charge < -0.3 is 4.74 Å². The molecule has 0 bridgehead atoms. The van der Waals surface area contributed by atoms with E-state index >= 15 is 0 Å². The molecule has 0 saturated heterocycles. The number of aromatic nitrogens is 2. The molecule has 0 aliphatic heterocycles. The van der Waals surface area contributed by atoms with Crippen LogP contribution in [-0.2, 0) is 4.79 Å². The van der Waals surface area contributed by atoms with Crippen molar-refractivity contribution < 1.29 is 9.53 Å². The second-order valence-corrected chi connectivity index (χ2v) is 7.05. The highest BCUT2D eigenvalue weighted by Gasteiger charge is 2.10. The summed E-state index contributed by atoms with van der Waals surface area (Å²) in [5, 5.41) is 11.7. The lowest BCUT2D eigenvalue weighted by atomic mass is 10.3. The van der Waals surface area contributed by atoms with Crippen molar-refractivity contribution in [3.63, 3.8) is 0 Å².